The Labute approximate surface area is 140 Å². The normalized spacial score (nSPS) is 24.0. The molecule has 1 unspecified atom stereocenters. The topological polar surface area (TPSA) is 35.7 Å². The predicted octanol–water partition coefficient (Wildman–Crippen LogP) is 2.45. The highest BCUT2D eigenvalue weighted by Crippen LogP contribution is 2.33. The van der Waals surface area contributed by atoms with Crippen molar-refractivity contribution < 1.29 is 14.4 Å². The molecule has 0 spiro atoms. The fraction of sp³-hybridized carbons (Fsp3) is 0.278. The van der Waals surface area contributed by atoms with Gasteiger partial charge in [0.2, 0.25) is 0 Å². The summed E-state index contributed by atoms with van der Waals surface area (Å²) in [5.74, 6) is 1.000. The zero-order valence-corrected chi connectivity index (χ0v) is 13.4. The lowest BCUT2D eigenvalue weighted by atomic mass is 10.0. The Balaban J connectivity index is 1.80. The van der Waals surface area contributed by atoms with Crippen molar-refractivity contribution in [2.75, 3.05) is 31.2 Å². The monoisotopic (exact) mass is 329 g/mol. The summed E-state index contributed by atoms with van der Waals surface area (Å²) < 4.78 is 7.68. The van der Waals surface area contributed by atoms with Crippen LogP contribution in [0.15, 0.2) is 54.6 Å². The quantitative estimate of drug-likeness (QED) is 0.860. The van der Waals surface area contributed by atoms with Gasteiger partial charge in [-0.1, -0.05) is 41.9 Å². The third-order valence-corrected chi connectivity index (χ3v) is 4.77. The lowest BCUT2D eigenvalue weighted by molar-refractivity contribution is -0.663. The number of anilines is 1. The summed E-state index contributed by atoms with van der Waals surface area (Å²) in [5, 5.41) is 12.1. The molecule has 2 aliphatic heterocycles. The van der Waals surface area contributed by atoms with E-state index in [0.717, 1.165) is 17.1 Å². The van der Waals surface area contributed by atoms with Gasteiger partial charge in [-0.15, -0.1) is 0 Å². The van der Waals surface area contributed by atoms with E-state index in [0.29, 0.717) is 31.3 Å². The maximum Gasteiger partial charge on any atom is 0.281 e. The molecule has 1 N–H and O–H groups in total. The molecule has 2 aliphatic rings. The van der Waals surface area contributed by atoms with Crippen LogP contribution in [0.3, 0.4) is 0 Å². The maximum absolute atomic E-state index is 11.4. The van der Waals surface area contributed by atoms with Crippen molar-refractivity contribution in [3.05, 3.63) is 65.2 Å². The van der Waals surface area contributed by atoms with E-state index in [1.807, 2.05) is 59.2 Å². The number of β-amino-alcohol motifs (C(OH)–C–C–N with tert-alkyl or cyclic N) is 1. The van der Waals surface area contributed by atoms with Gasteiger partial charge in [-0.05, 0) is 24.3 Å². The summed E-state index contributed by atoms with van der Waals surface area (Å²) in [5.41, 5.74) is 0.835. The van der Waals surface area contributed by atoms with Crippen LogP contribution in [-0.4, -0.2) is 41.8 Å². The molecule has 2 heterocycles. The van der Waals surface area contributed by atoms with E-state index in [9.17, 15) is 5.11 Å². The van der Waals surface area contributed by atoms with Gasteiger partial charge in [0, 0.05) is 10.6 Å². The highest BCUT2D eigenvalue weighted by molar-refractivity contribution is 6.30. The first-order valence-corrected chi connectivity index (χ1v) is 8.08. The third-order valence-electron chi connectivity index (χ3n) is 4.51. The van der Waals surface area contributed by atoms with Crippen molar-refractivity contribution in [2.24, 2.45) is 0 Å². The molecular weight excluding hydrogens is 312 g/mol. The minimum atomic E-state index is -1.07. The Morgan fingerprint density at radius 1 is 1.09 bits per heavy atom. The van der Waals surface area contributed by atoms with E-state index in [2.05, 4.69) is 4.90 Å². The number of aliphatic hydroxyl groups is 1. The van der Waals surface area contributed by atoms with E-state index >= 15 is 0 Å². The lowest BCUT2D eigenvalue weighted by Crippen LogP contribution is -2.43. The molecule has 0 amide bonds. The van der Waals surface area contributed by atoms with Gasteiger partial charge in [0.1, 0.15) is 18.8 Å². The second-order valence-electron chi connectivity index (χ2n) is 5.87. The average molecular weight is 330 g/mol. The van der Waals surface area contributed by atoms with Crippen molar-refractivity contribution in [1.82, 2.24) is 0 Å². The van der Waals surface area contributed by atoms with Crippen LogP contribution >= 0.6 is 11.6 Å². The highest BCUT2D eigenvalue weighted by Gasteiger charge is 2.52. The van der Waals surface area contributed by atoms with Crippen LogP contribution in [0.2, 0.25) is 5.02 Å². The molecule has 0 aromatic heterocycles. The number of nitrogens with zero attached hydrogens (tertiary/aromatic N) is 2. The van der Waals surface area contributed by atoms with Gasteiger partial charge in [-0.25, -0.2) is 9.48 Å². The van der Waals surface area contributed by atoms with E-state index < -0.39 is 5.72 Å². The van der Waals surface area contributed by atoms with Crippen LogP contribution in [0.5, 0.6) is 0 Å². The molecule has 23 heavy (non-hydrogen) atoms. The minimum Gasteiger partial charge on any atom is -0.365 e. The number of amidine groups is 1. The molecule has 4 rings (SSSR count). The van der Waals surface area contributed by atoms with Gasteiger partial charge < -0.3 is 9.84 Å². The summed E-state index contributed by atoms with van der Waals surface area (Å²) in [6.07, 6.45) is 0. The van der Waals surface area contributed by atoms with Crippen LogP contribution in [0.25, 0.3) is 0 Å². The summed E-state index contributed by atoms with van der Waals surface area (Å²) in [4.78, 5) is 2.13. The minimum absolute atomic E-state index is 0.470. The van der Waals surface area contributed by atoms with Crippen LogP contribution in [0, 0.1) is 0 Å². The standard InChI is InChI=1S/C18H18ClN2O2/c19-15-8-6-14(7-9-15)18(22)13-20(16-4-2-1-3-5-16)17-12-23-11-10-21(17)18/h1-9,22H,10-13H2/q+1. The van der Waals surface area contributed by atoms with Gasteiger partial charge in [-0.3, -0.25) is 0 Å². The van der Waals surface area contributed by atoms with Crippen molar-refractivity contribution in [2.45, 2.75) is 5.72 Å². The van der Waals surface area contributed by atoms with Crippen LogP contribution in [-0.2, 0) is 10.5 Å². The summed E-state index contributed by atoms with van der Waals surface area (Å²) in [7, 11) is 0. The maximum atomic E-state index is 11.4. The fourth-order valence-corrected chi connectivity index (χ4v) is 3.48. The smallest absolute Gasteiger partial charge is 0.281 e. The molecule has 0 bridgehead atoms. The Kier molecular flexibility index (Phi) is 3.60. The fourth-order valence-electron chi connectivity index (χ4n) is 3.36. The van der Waals surface area contributed by atoms with Gasteiger partial charge in [0.15, 0.2) is 6.54 Å². The van der Waals surface area contributed by atoms with Gasteiger partial charge >= 0.3 is 0 Å². The predicted molar refractivity (Wildman–Crippen MR) is 90.1 cm³/mol. The Bertz CT molecular complexity index is 745. The van der Waals surface area contributed by atoms with Crippen molar-refractivity contribution in [3.63, 3.8) is 0 Å². The van der Waals surface area contributed by atoms with Crippen molar-refractivity contribution in [1.29, 1.82) is 0 Å². The van der Waals surface area contributed by atoms with Crippen molar-refractivity contribution in [3.8, 4) is 0 Å². The number of halogens is 1. The average Bonchev–Trinajstić information content (AvgIpc) is 2.91. The van der Waals surface area contributed by atoms with Crippen LogP contribution in [0.4, 0.5) is 5.69 Å². The zero-order valence-electron chi connectivity index (χ0n) is 12.7. The summed E-state index contributed by atoms with van der Waals surface area (Å²) in [6, 6.07) is 17.5. The number of rotatable bonds is 2. The Morgan fingerprint density at radius 2 is 1.83 bits per heavy atom. The van der Waals surface area contributed by atoms with Crippen molar-refractivity contribution >= 4 is 23.1 Å². The molecule has 118 valence electrons. The first-order valence-electron chi connectivity index (χ1n) is 7.71. The van der Waals surface area contributed by atoms with Crippen LogP contribution < -0.4 is 4.90 Å². The molecule has 0 fully saturated rings. The molecule has 0 radical (unpaired) electrons. The summed E-state index contributed by atoms with van der Waals surface area (Å²) in [6.45, 7) is 2.25. The zero-order chi connectivity index (χ0) is 15.9. The number of ether oxygens (including phenoxy) is 1. The second kappa shape index (κ2) is 5.64. The van der Waals surface area contributed by atoms with Crippen LogP contribution in [0.1, 0.15) is 5.56 Å². The number of para-hydroxylation sites is 1. The first kappa shape index (κ1) is 14.7. The van der Waals surface area contributed by atoms with Gasteiger partial charge in [-0.2, -0.15) is 0 Å². The van der Waals surface area contributed by atoms with E-state index in [-0.39, 0.29) is 0 Å². The van der Waals surface area contributed by atoms with E-state index in [1.54, 1.807) is 0 Å². The van der Waals surface area contributed by atoms with Gasteiger partial charge in [0.05, 0.1) is 6.61 Å². The Hall–Kier alpha value is -1.88. The molecular formula is C18H18ClN2O2+. The molecule has 4 nitrogen and oxygen atoms in total. The number of hydrogen-bond donors (Lipinski definition) is 1. The molecule has 5 heteroatoms. The molecule has 0 saturated heterocycles. The second-order valence-corrected chi connectivity index (χ2v) is 6.30. The van der Waals surface area contributed by atoms with E-state index in [4.69, 9.17) is 16.3 Å². The number of hydrogen-bond acceptors (Lipinski definition) is 3. The molecule has 2 aromatic rings. The molecule has 0 aliphatic carbocycles. The first-order chi connectivity index (χ1) is 11.2. The highest BCUT2D eigenvalue weighted by atomic mass is 35.5. The third kappa shape index (κ3) is 2.43. The number of benzene rings is 2. The molecule has 0 saturated carbocycles. The Morgan fingerprint density at radius 3 is 2.57 bits per heavy atom. The molecule has 2 aromatic carbocycles. The molecule has 1 atom stereocenters. The summed E-state index contributed by atoms with van der Waals surface area (Å²) >= 11 is 5.99. The largest absolute Gasteiger partial charge is 0.365 e. The van der Waals surface area contributed by atoms with Gasteiger partial charge in [0.25, 0.3) is 11.6 Å². The SMILES string of the molecule is OC1(c2ccc(Cl)cc2)CN(c2ccccc2)C2=[N+]1CCOC2. The lowest BCUT2D eigenvalue weighted by Gasteiger charge is -2.24. The van der Waals surface area contributed by atoms with E-state index in [1.165, 1.54) is 0 Å².